The minimum Gasteiger partial charge on any atom is -0.462 e. The van der Waals surface area contributed by atoms with E-state index in [0.29, 0.717) is 12.2 Å². The smallest absolute Gasteiger partial charge is 0.338 e. The summed E-state index contributed by atoms with van der Waals surface area (Å²) in [5.41, 5.74) is 1.61. The number of esters is 1. The van der Waals surface area contributed by atoms with Gasteiger partial charge in [0.2, 0.25) is 0 Å². The first-order valence-corrected chi connectivity index (χ1v) is 11.9. The molecule has 0 fully saturated rings. The van der Waals surface area contributed by atoms with E-state index in [0.717, 1.165) is 50.8 Å². The first kappa shape index (κ1) is 25.5. The maximum absolute atomic E-state index is 11.6. The lowest BCUT2D eigenvalue weighted by Gasteiger charge is -2.11. The molecule has 0 spiro atoms. The lowest BCUT2D eigenvalue weighted by Crippen LogP contribution is -2.07. The highest BCUT2D eigenvalue weighted by atomic mass is 16.5. The zero-order chi connectivity index (χ0) is 21.2. The van der Waals surface area contributed by atoms with Gasteiger partial charge < -0.3 is 15.2 Å². The zero-order valence-electron chi connectivity index (χ0n) is 18.8. The second-order valence-electron chi connectivity index (χ2n) is 7.99. The standard InChI is InChI=1S/C25H43NO3/c1-3-5-6-7-8-9-10-12-15-24(27)16-13-11-14-21-26-23-19-17-22(18-20-23)25(28)29-4-2/h17-20,24,26-27H,3-16,21H2,1-2H3. The molecule has 1 atom stereocenters. The summed E-state index contributed by atoms with van der Waals surface area (Å²) in [6.07, 6.45) is 15.6. The van der Waals surface area contributed by atoms with Gasteiger partial charge in [0.05, 0.1) is 18.3 Å². The van der Waals surface area contributed by atoms with Crippen molar-refractivity contribution in [2.45, 2.75) is 103 Å². The summed E-state index contributed by atoms with van der Waals surface area (Å²) in [7, 11) is 0. The summed E-state index contributed by atoms with van der Waals surface area (Å²) in [5.74, 6) is -0.274. The number of aliphatic hydroxyl groups is 1. The third-order valence-corrected chi connectivity index (χ3v) is 5.33. The number of carbonyl (C=O) groups is 1. The highest BCUT2D eigenvalue weighted by Gasteiger charge is 2.06. The third-order valence-electron chi connectivity index (χ3n) is 5.33. The third kappa shape index (κ3) is 13.3. The molecule has 0 bridgehead atoms. The van der Waals surface area contributed by atoms with Crippen LogP contribution in [-0.2, 0) is 4.74 Å². The minimum absolute atomic E-state index is 0.126. The van der Waals surface area contributed by atoms with Gasteiger partial charge in [-0.25, -0.2) is 4.79 Å². The largest absolute Gasteiger partial charge is 0.462 e. The Balaban J connectivity index is 1.96. The van der Waals surface area contributed by atoms with Crippen molar-refractivity contribution < 1.29 is 14.6 Å². The summed E-state index contributed by atoms with van der Waals surface area (Å²) in [5, 5.41) is 13.5. The Hall–Kier alpha value is -1.55. The molecule has 0 aliphatic rings. The van der Waals surface area contributed by atoms with Crippen molar-refractivity contribution in [2.24, 2.45) is 0 Å². The van der Waals surface area contributed by atoms with E-state index in [4.69, 9.17) is 4.74 Å². The van der Waals surface area contributed by atoms with Crippen LogP contribution in [0, 0.1) is 0 Å². The highest BCUT2D eigenvalue weighted by Crippen LogP contribution is 2.14. The molecule has 1 unspecified atom stereocenters. The van der Waals surface area contributed by atoms with Crippen LogP contribution in [-0.4, -0.2) is 30.3 Å². The quantitative estimate of drug-likeness (QED) is 0.210. The summed E-state index contributed by atoms with van der Waals surface area (Å²) < 4.78 is 4.99. The highest BCUT2D eigenvalue weighted by molar-refractivity contribution is 5.89. The first-order valence-electron chi connectivity index (χ1n) is 11.9. The molecule has 166 valence electrons. The number of nitrogens with one attached hydrogen (secondary N) is 1. The van der Waals surface area contributed by atoms with Crippen LogP contribution in [0.2, 0.25) is 0 Å². The Kier molecular flexibility index (Phi) is 15.2. The van der Waals surface area contributed by atoms with Gasteiger partial charge in [-0.3, -0.25) is 0 Å². The minimum atomic E-state index is -0.274. The van der Waals surface area contributed by atoms with Crippen molar-refractivity contribution in [3.8, 4) is 0 Å². The Labute approximate surface area is 178 Å². The average Bonchev–Trinajstić information content (AvgIpc) is 2.73. The number of hydrogen-bond donors (Lipinski definition) is 2. The van der Waals surface area contributed by atoms with Crippen molar-refractivity contribution in [3.05, 3.63) is 29.8 Å². The van der Waals surface area contributed by atoms with Crippen LogP contribution in [0.1, 0.15) is 108 Å². The molecule has 2 N–H and O–H groups in total. The number of unbranched alkanes of at least 4 members (excludes halogenated alkanes) is 9. The molecular formula is C25H43NO3. The molecule has 4 nitrogen and oxygen atoms in total. The van der Waals surface area contributed by atoms with Crippen molar-refractivity contribution in [3.63, 3.8) is 0 Å². The molecule has 0 aromatic heterocycles. The summed E-state index contributed by atoms with van der Waals surface area (Å²) in [6, 6.07) is 7.42. The molecule has 0 saturated carbocycles. The molecular weight excluding hydrogens is 362 g/mol. The number of hydrogen-bond acceptors (Lipinski definition) is 4. The van der Waals surface area contributed by atoms with Crippen LogP contribution >= 0.6 is 0 Å². The predicted octanol–water partition coefficient (Wildman–Crippen LogP) is 6.73. The van der Waals surface area contributed by atoms with Gasteiger partial charge in [0.15, 0.2) is 0 Å². The van der Waals surface area contributed by atoms with E-state index >= 15 is 0 Å². The first-order chi connectivity index (χ1) is 14.2. The van der Waals surface area contributed by atoms with E-state index in [1.807, 2.05) is 19.1 Å². The number of carbonyl (C=O) groups excluding carboxylic acids is 1. The van der Waals surface area contributed by atoms with Gasteiger partial charge >= 0.3 is 5.97 Å². The van der Waals surface area contributed by atoms with Crippen LogP contribution in [0.25, 0.3) is 0 Å². The number of anilines is 1. The van der Waals surface area contributed by atoms with Gasteiger partial charge in [0.1, 0.15) is 0 Å². The van der Waals surface area contributed by atoms with Crippen LogP contribution in [0.4, 0.5) is 5.69 Å². The second-order valence-corrected chi connectivity index (χ2v) is 7.99. The van der Waals surface area contributed by atoms with E-state index in [1.54, 1.807) is 12.1 Å². The maximum Gasteiger partial charge on any atom is 0.338 e. The normalized spacial score (nSPS) is 12.0. The SMILES string of the molecule is CCCCCCCCCCC(O)CCCCCNc1ccc(C(=O)OCC)cc1. The topological polar surface area (TPSA) is 58.6 Å². The molecule has 0 radical (unpaired) electrons. The molecule has 1 rings (SSSR count). The molecule has 0 amide bonds. The van der Waals surface area contributed by atoms with E-state index in [-0.39, 0.29) is 12.1 Å². The second kappa shape index (κ2) is 17.3. The maximum atomic E-state index is 11.6. The van der Waals surface area contributed by atoms with Crippen LogP contribution in [0.3, 0.4) is 0 Å². The molecule has 4 heteroatoms. The van der Waals surface area contributed by atoms with Crippen molar-refractivity contribution in [1.29, 1.82) is 0 Å². The lowest BCUT2D eigenvalue weighted by atomic mass is 10.0. The Bertz CT molecular complexity index is 515. The summed E-state index contributed by atoms with van der Waals surface area (Å²) in [4.78, 5) is 11.6. The van der Waals surface area contributed by atoms with Crippen molar-refractivity contribution in [2.75, 3.05) is 18.5 Å². The molecule has 0 aliphatic heterocycles. The predicted molar refractivity (Wildman–Crippen MR) is 123 cm³/mol. The van der Waals surface area contributed by atoms with Gasteiger partial charge in [-0.05, 0) is 50.5 Å². The monoisotopic (exact) mass is 405 g/mol. The molecule has 0 heterocycles. The average molecular weight is 406 g/mol. The van der Waals surface area contributed by atoms with Gasteiger partial charge in [-0.2, -0.15) is 0 Å². The van der Waals surface area contributed by atoms with Crippen LogP contribution in [0.15, 0.2) is 24.3 Å². The Morgan fingerprint density at radius 1 is 0.862 bits per heavy atom. The lowest BCUT2D eigenvalue weighted by molar-refractivity contribution is 0.0526. The van der Waals surface area contributed by atoms with Crippen molar-refractivity contribution in [1.82, 2.24) is 0 Å². The summed E-state index contributed by atoms with van der Waals surface area (Å²) in [6.45, 7) is 5.37. The molecule has 29 heavy (non-hydrogen) atoms. The van der Waals surface area contributed by atoms with Crippen LogP contribution < -0.4 is 5.32 Å². The fraction of sp³-hybridized carbons (Fsp3) is 0.720. The number of benzene rings is 1. The zero-order valence-corrected chi connectivity index (χ0v) is 18.8. The van der Waals surface area contributed by atoms with Gasteiger partial charge in [0.25, 0.3) is 0 Å². The molecule has 0 saturated heterocycles. The molecule has 0 aliphatic carbocycles. The van der Waals surface area contributed by atoms with Gasteiger partial charge in [-0.15, -0.1) is 0 Å². The molecule has 1 aromatic carbocycles. The van der Waals surface area contributed by atoms with E-state index in [2.05, 4.69) is 12.2 Å². The fourth-order valence-corrected chi connectivity index (χ4v) is 3.51. The Morgan fingerprint density at radius 3 is 2.00 bits per heavy atom. The number of rotatable bonds is 18. The Morgan fingerprint density at radius 2 is 1.41 bits per heavy atom. The summed E-state index contributed by atoms with van der Waals surface area (Å²) >= 11 is 0. The van der Waals surface area contributed by atoms with Gasteiger partial charge in [0, 0.05) is 12.2 Å². The van der Waals surface area contributed by atoms with E-state index in [1.165, 1.54) is 44.9 Å². The van der Waals surface area contributed by atoms with Gasteiger partial charge in [-0.1, -0.05) is 71.1 Å². The van der Waals surface area contributed by atoms with Crippen LogP contribution in [0.5, 0.6) is 0 Å². The number of aliphatic hydroxyl groups excluding tert-OH is 1. The fourth-order valence-electron chi connectivity index (χ4n) is 3.51. The van der Waals surface area contributed by atoms with Crippen molar-refractivity contribution >= 4 is 11.7 Å². The van der Waals surface area contributed by atoms with E-state index < -0.39 is 0 Å². The number of ether oxygens (including phenoxy) is 1. The molecule has 1 aromatic rings. The van der Waals surface area contributed by atoms with E-state index in [9.17, 15) is 9.90 Å².